The van der Waals surface area contributed by atoms with Gasteiger partial charge in [0, 0.05) is 0 Å². The molecule has 0 saturated carbocycles. The summed E-state index contributed by atoms with van der Waals surface area (Å²) in [6.45, 7) is 3.48. The number of aryl methyl sites for hydroxylation is 2. The second kappa shape index (κ2) is 5.24. The van der Waals surface area contributed by atoms with Crippen LogP contribution in [0, 0.1) is 13.8 Å². The van der Waals surface area contributed by atoms with E-state index < -0.39 is 17.2 Å². The van der Waals surface area contributed by atoms with Gasteiger partial charge < -0.3 is 0 Å². The van der Waals surface area contributed by atoms with Crippen LogP contribution < -0.4 is 10.9 Å². The summed E-state index contributed by atoms with van der Waals surface area (Å²) in [6, 6.07) is 4.90. The fourth-order valence-electron chi connectivity index (χ4n) is 1.29. The van der Waals surface area contributed by atoms with Crippen molar-refractivity contribution in [3.63, 3.8) is 0 Å². The highest BCUT2D eigenvalue weighted by molar-refractivity contribution is 6.24. The standard InChI is InChI=1S/C11H11ClF4N2O/c1-6-3-4-8(7(2)5-6)17-18-9(19)10(13,14)11(12,15)16/h3-5,17H,1-2H3,(H,18,19). The third-order valence-corrected chi connectivity index (χ3v) is 2.57. The molecule has 1 amide bonds. The quantitative estimate of drug-likeness (QED) is 0.509. The lowest BCUT2D eigenvalue weighted by molar-refractivity contribution is -0.180. The minimum absolute atomic E-state index is 0.313. The smallest absolute Gasteiger partial charge is 0.298 e. The zero-order chi connectivity index (χ0) is 14.8. The van der Waals surface area contributed by atoms with Crippen molar-refractivity contribution >= 4 is 23.2 Å². The summed E-state index contributed by atoms with van der Waals surface area (Å²) >= 11 is 4.18. The zero-order valence-corrected chi connectivity index (χ0v) is 10.8. The Bertz CT molecular complexity index is 488. The molecule has 3 nitrogen and oxygen atoms in total. The first-order valence-corrected chi connectivity index (χ1v) is 5.52. The van der Waals surface area contributed by atoms with E-state index in [2.05, 4.69) is 17.0 Å². The van der Waals surface area contributed by atoms with E-state index in [1.54, 1.807) is 19.1 Å². The van der Waals surface area contributed by atoms with Gasteiger partial charge in [-0.3, -0.25) is 15.6 Å². The average molecular weight is 299 g/mol. The van der Waals surface area contributed by atoms with E-state index in [0.717, 1.165) is 5.56 Å². The number of nitrogens with one attached hydrogen (secondary N) is 2. The molecule has 0 aliphatic rings. The second-order valence-corrected chi connectivity index (χ2v) is 4.44. The van der Waals surface area contributed by atoms with E-state index >= 15 is 0 Å². The molecule has 8 heteroatoms. The summed E-state index contributed by atoms with van der Waals surface area (Å²) in [4.78, 5) is 11.0. The third kappa shape index (κ3) is 3.50. The Morgan fingerprint density at radius 2 is 1.79 bits per heavy atom. The maximum absolute atomic E-state index is 12.9. The van der Waals surface area contributed by atoms with E-state index in [1.807, 2.05) is 6.92 Å². The van der Waals surface area contributed by atoms with E-state index in [4.69, 9.17) is 0 Å². The number of hydrogen-bond donors (Lipinski definition) is 2. The van der Waals surface area contributed by atoms with E-state index in [1.165, 1.54) is 11.5 Å². The molecule has 1 rings (SSSR count). The van der Waals surface area contributed by atoms with Crippen LogP contribution in [0.3, 0.4) is 0 Å². The van der Waals surface area contributed by atoms with Gasteiger partial charge in [0.25, 0.3) is 0 Å². The van der Waals surface area contributed by atoms with Crippen molar-refractivity contribution in [3.8, 4) is 0 Å². The summed E-state index contributed by atoms with van der Waals surface area (Å²) in [6.07, 6.45) is 0. The molecular formula is C11H11ClF4N2O. The average Bonchev–Trinajstić information content (AvgIpc) is 2.25. The highest BCUT2D eigenvalue weighted by Crippen LogP contribution is 2.37. The first kappa shape index (κ1) is 15.6. The lowest BCUT2D eigenvalue weighted by Crippen LogP contribution is -2.51. The Balaban J connectivity index is 2.75. The molecule has 0 radical (unpaired) electrons. The van der Waals surface area contributed by atoms with Gasteiger partial charge in [0.2, 0.25) is 0 Å². The molecule has 1 aromatic rings. The minimum Gasteiger partial charge on any atom is -0.298 e. The van der Waals surface area contributed by atoms with Crippen molar-refractivity contribution in [2.24, 2.45) is 0 Å². The van der Waals surface area contributed by atoms with Gasteiger partial charge in [0.15, 0.2) is 0 Å². The van der Waals surface area contributed by atoms with Crippen molar-refractivity contribution in [3.05, 3.63) is 29.3 Å². The van der Waals surface area contributed by atoms with Crippen molar-refractivity contribution in [1.29, 1.82) is 0 Å². The number of amides is 1. The third-order valence-electron chi connectivity index (χ3n) is 2.33. The van der Waals surface area contributed by atoms with Crippen LogP contribution in [-0.4, -0.2) is 17.2 Å². The largest absolute Gasteiger partial charge is 0.402 e. The first-order valence-electron chi connectivity index (χ1n) is 5.14. The normalized spacial score (nSPS) is 12.2. The number of alkyl halides is 5. The number of carbonyl (C=O) groups is 1. The Labute approximate surface area is 111 Å². The summed E-state index contributed by atoms with van der Waals surface area (Å²) < 4.78 is 50.4. The molecule has 0 aliphatic heterocycles. The molecule has 0 unspecified atom stereocenters. The van der Waals surface area contributed by atoms with E-state index in [0.29, 0.717) is 11.3 Å². The van der Waals surface area contributed by atoms with Crippen molar-refractivity contribution in [2.75, 3.05) is 5.43 Å². The number of carbonyl (C=O) groups excluding carboxylic acids is 1. The topological polar surface area (TPSA) is 41.1 Å². The van der Waals surface area contributed by atoms with Crippen molar-refractivity contribution in [2.45, 2.75) is 25.2 Å². The number of hydrazine groups is 1. The monoisotopic (exact) mass is 298 g/mol. The number of halogens is 5. The molecule has 0 heterocycles. The summed E-state index contributed by atoms with van der Waals surface area (Å²) in [5.74, 6) is -7.23. The molecule has 2 N–H and O–H groups in total. The number of rotatable bonds is 4. The van der Waals surface area contributed by atoms with Gasteiger partial charge in [-0.15, -0.1) is 0 Å². The molecule has 1 aromatic carbocycles. The Hall–Kier alpha value is -1.50. The molecule has 0 spiro atoms. The van der Waals surface area contributed by atoms with Crippen LogP contribution in [0.4, 0.5) is 23.2 Å². The van der Waals surface area contributed by atoms with Gasteiger partial charge in [0.1, 0.15) is 0 Å². The van der Waals surface area contributed by atoms with Crippen LogP contribution in [0.2, 0.25) is 0 Å². The van der Waals surface area contributed by atoms with Crippen LogP contribution in [0.1, 0.15) is 11.1 Å². The SMILES string of the molecule is Cc1ccc(NNC(=O)C(F)(F)C(F)(F)Cl)c(C)c1. The highest BCUT2D eigenvalue weighted by Gasteiger charge is 2.61. The second-order valence-electron chi connectivity index (χ2n) is 3.97. The molecule has 0 atom stereocenters. The van der Waals surface area contributed by atoms with E-state index in [-0.39, 0.29) is 0 Å². The fourth-order valence-corrected chi connectivity index (χ4v) is 1.37. The summed E-state index contributed by atoms with van der Waals surface area (Å²) in [7, 11) is 0. The molecule has 0 bridgehead atoms. The number of benzene rings is 1. The van der Waals surface area contributed by atoms with Gasteiger partial charge in [-0.05, 0) is 37.1 Å². The molecule has 0 saturated heterocycles. The van der Waals surface area contributed by atoms with Crippen LogP contribution in [0.5, 0.6) is 0 Å². The lowest BCUT2D eigenvalue weighted by Gasteiger charge is -2.20. The van der Waals surface area contributed by atoms with Crippen LogP contribution in [-0.2, 0) is 4.79 Å². The zero-order valence-electron chi connectivity index (χ0n) is 10.0. The first-order chi connectivity index (χ1) is 8.55. The van der Waals surface area contributed by atoms with E-state index in [9.17, 15) is 22.4 Å². The van der Waals surface area contributed by atoms with Crippen molar-refractivity contribution in [1.82, 2.24) is 5.43 Å². The van der Waals surface area contributed by atoms with Crippen LogP contribution >= 0.6 is 11.6 Å². The molecule has 0 aliphatic carbocycles. The Kier molecular flexibility index (Phi) is 4.29. The minimum atomic E-state index is -5.01. The summed E-state index contributed by atoms with van der Waals surface area (Å²) in [5.41, 5.74) is 5.54. The molecule has 106 valence electrons. The highest BCUT2D eigenvalue weighted by atomic mass is 35.5. The van der Waals surface area contributed by atoms with Crippen LogP contribution in [0.25, 0.3) is 0 Å². The predicted molar refractivity (Wildman–Crippen MR) is 63.4 cm³/mol. The van der Waals surface area contributed by atoms with Gasteiger partial charge >= 0.3 is 17.2 Å². The van der Waals surface area contributed by atoms with Gasteiger partial charge in [-0.25, -0.2) is 0 Å². The molecule has 0 aromatic heterocycles. The molecular weight excluding hydrogens is 288 g/mol. The molecule has 19 heavy (non-hydrogen) atoms. The molecule has 0 fully saturated rings. The predicted octanol–water partition coefficient (Wildman–Crippen LogP) is 3.21. The maximum Gasteiger partial charge on any atom is 0.402 e. The van der Waals surface area contributed by atoms with Crippen molar-refractivity contribution < 1.29 is 22.4 Å². The number of hydrogen-bond acceptors (Lipinski definition) is 2. The van der Waals surface area contributed by atoms with Gasteiger partial charge in [-0.1, -0.05) is 17.7 Å². The van der Waals surface area contributed by atoms with Gasteiger partial charge in [0.05, 0.1) is 5.69 Å². The Morgan fingerprint density at radius 1 is 1.21 bits per heavy atom. The summed E-state index contributed by atoms with van der Waals surface area (Å²) in [5, 5.41) is -4.96. The van der Waals surface area contributed by atoms with Gasteiger partial charge in [-0.2, -0.15) is 17.6 Å². The maximum atomic E-state index is 12.9. The Morgan fingerprint density at radius 3 is 2.26 bits per heavy atom. The number of anilines is 1. The van der Waals surface area contributed by atoms with Crippen LogP contribution in [0.15, 0.2) is 18.2 Å². The fraction of sp³-hybridized carbons (Fsp3) is 0.364. The lowest BCUT2D eigenvalue weighted by atomic mass is 10.1.